The second kappa shape index (κ2) is 7.08. The van der Waals surface area contributed by atoms with Gasteiger partial charge < -0.3 is 4.90 Å². The maximum atomic E-state index is 12.3. The van der Waals surface area contributed by atoms with E-state index in [0.29, 0.717) is 13.0 Å². The van der Waals surface area contributed by atoms with E-state index in [4.69, 9.17) is 0 Å². The summed E-state index contributed by atoms with van der Waals surface area (Å²) in [6, 6.07) is 20.3. The Kier molecular flexibility index (Phi) is 5.16. The Bertz CT molecular complexity index is 621. The van der Waals surface area contributed by atoms with Crippen molar-refractivity contribution in [3.63, 3.8) is 0 Å². The molecule has 0 N–H and O–H groups in total. The van der Waals surface area contributed by atoms with Crippen molar-refractivity contribution < 1.29 is 4.79 Å². The molecular formula is C20H23NO. The highest BCUT2D eigenvalue weighted by Crippen LogP contribution is 2.33. The van der Waals surface area contributed by atoms with Crippen LogP contribution in [0.5, 0.6) is 0 Å². The normalized spacial score (nSPS) is 13.2. The van der Waals surface area contributed by atoms with Gasteiger partial charge in [-0.1, -0.05) is 66.7 Å². The third-order valence-electron chi connectivity index (χ3n) is 4.10. The minimum atomic E-state index is -0.398. The van der Waals surface area contributed by atoms with Crippen LogP contribution in [-0.2, 0) is 16.9 Å². The van der Waals surface area contributed by atoms with Crippen LogP contribution in [0.15, 0.2) is 73.3 Å². The molecule has 2 heteroatoms. The van der Waals surface area contributed by atoms with Crippen molar-refractivity contribution in [2.45, 2.75) is 32.4 Å². The zero-order chi connectivity index (χ0) is 16.0. The van der Waals surface area contributed by atoms with Gasteiger partial charge in [0.25, 0.3) is 0 Å². The summed E-state index contributed by atoms with van der Waals surface area (Å²) in [6.07, 6.45) is 2.59. The Morgan fingerprint density at radius 2 is 1.64 bits per heavy atom. The Morgan fingerprint density at radius 1 is 1.09 bits per heavy atom. The van der Waals surface area contributed by atoms with Crippen molar-refractivity contribution in [1.29, 1.82) is 0 Å². The van der Waals surface area contributed by atoms with Gasteiger partial charge in [0.05, 0.1) is 5.54 Å². The zero-order valence-corrected chi connectivity index (χ0v) is 13.3. The van der Waals surface area contributed by atoms with Crippen molar-refractivity contribution in [1.82, 2.24) is 4.90 Å². The van der Waals surface area contributed by atoms with Crippen LogP contribution in [0.3, 0.4) is 0 Å². The summed E-state index contributed by atoms with van der Waals surface area (Å²) in [4.78, 5) is 14.3. The Labute approximate surface area is 133 Å². The van der Waals surface area contributed by atoms with Crippen LogP contribution in [0.4, 0.5) is 0 Å². The number of carbonyl (C=O) groups is 1. The summed E-state index contributed by atoms with van der Waals surface area (Å²) < 4.78 is 0. The topological polar surface area (TPSA) is 20.3 Å². The van der Waals surface area contributed by atoms with Gasteiger partial charge in [-0.3, -0.25) is 4.79 Å². The van der Waals surface area contributed by atoms with E-state index in [1.165, 1.54) is 0 Å². The van der Waals surface area contributed by atoms with Crippen molar-refractivity contribution in [2.24, 2.45) is 0 Å². The Hall–Kier alpha value is -2.35. The molecule has 0 aliphatic rings. The van der Waals surface area contributed by atoms with Gasteiger partial charge in [0.1, 0.15) is 0 Å². The van der Waals surface area contributed by atoms with E-state index in [0.717, 1.165) is 11.1 Å². The number of hydrogen-bond acceptors (Lipinski definition) is 1. The molecule has 0 bridgehead atoms. The van der Waals surface area contributed by atoms with Gasteiger partial charge in [-0.15, -0.1) is 6.58 Å². The van der Waals surface area contributed by atoms with Gasteiger partial charge in [0.2, 0.25) is 5.91 Å². The van der Waals surface area contributed by atoms with Crippen LogP contribution in [-0.4, -0.2) is 10.8 Å². The summed E-state index contributed by atoms with van der Waals surface area (Å²) in [5.74, 6) is 0.0667. The van der Waals surface area contributed by atoms with Crippen molar-refractivity contribution in [2.75, 3.05) is 0 Å². The lowest BCUT2D eigenvalue weighted by molar-refractivity contribution is -0.136. The molecule has 0 aliphatic carbocycles. The average molecular weight is 293 g/mol. The molecule has 1 atom stereocenters. The number of hydrogen-bond donors (Lipinski definition) is 0. The van der Waals surface area contributed by atoms with Crippen LogP contribution < -0.4 is 0 Å². The molecule has 2 rings (SSSR count). The molecule has 2 aromatic rings. The summed E-state index contributed by atoms with van der Waals surface area (Å²) in [6.45, 7) is 8.21. The predicted molar refractivity (Wildman–Crippen MR) is 91.3 cm³/mol. The molecule has 0 radical (unpaired) electrons. The first-order chi connectivity index (χ1) is 10.6. The molecule has 2 nitrogen and oxygen atoms in total. The number of benzene rings is 2. The van der Waals surface area contributed by atoms with Gasteiger partial charge >= 0.3 is 0 Å². The molecule has 1 amide bonds. The minimum Gasteiger partial charge on any atom is -0.329 e. The second-order valence-electron chi connectivity index (χ2n) is 5.72. The van der Waals surface area contributed by atoms with Crippen LogP contribution in [0, 0.1) is 0 Å². The van der Waals surface area contributed by atoms with Gasteiger partial charge in [-0.05, 0) is 24.5 Å². The van der Waals surface area contributed by atoms with Gasteiger partial charge in [0, 0.05) is 13.5 Å². The fourth-order valence-corrected chi connectivity index (χ4v) is 2.86. The molecule has 2 aromatic carbocycles. The van der Waals surface area contributed by atoms with E-state index in [-0.39, 0.29) is 5.91 Å². The molecule has 0 spiro atoms. The molecule has 0 saturated carbocycles. The van der Waals surface area contributed by atoms with Gasteiger partial charge in [-0.2, -0.15) is 0 Å². The van der Waals surface area contributed by atoms with E-state index in [1.54, 1.807) is 6.92 Å². The number of nitrogens with zero attached hydrogens (tertiary/aromatic N) is 1. The highest BCUT2D eigenvalue weighted by atomic mass is 16.2. The maximum absolute atomic E-state index is 12.3. The van der Waals surface area contributed by atoms with E-state index < -0.39 is 5.54 Å². The van der Waals surface area contributed by atoms with Gasteiger partial charge in [-0.25, -0.2) is 0 Å². The largest absolute Gasteiger partial charge is 0.329 e. The third kappa shape index (κ3) is 3.45. The van der Waals surface area contributed by atoms with Crippen LogP contribution in [0.2, 0.25) is 0 Å². The van der Waals surface area contributed by atoms with Crippen molar-refractivity contribution >= 4 is 5.91 Å². The smallest absolute Gasteiger partial charge is 0.220 e. The molecule has 0 fully saturated rings. The van der Waals surface area contributed by atoms with E-state index in [2.05, 4.69) is 37.8 Å². The summed E-state index contributed by atoms with van der Waals surface area (Å²) in [5.41, 5.74) is 1.86. The molecule has 0 aliphatic heterocycles. The molecule has 114 valence electrons. The van der Waals surface area contributed by atoms with E-state index >= 15 is 0 Å². The Balaban J connectivity index is 2.42. The maximum Gasteiger partial charge on any atom is 0.220 e. The first-order valence-electron chi connectivity index (χ1n) is 7.56. The van der Waals surface area contributed by atoms with Crippen LogP contribution in [0.1, 0.15) is 31.4 Å². The minimum absolute atomic E-state index is 0.0667. The van der Waals surface area contributed by atoms with E-state index in [9.17, 15) is 4.79 Å². The molecule has 0 unspecified atom stereocenters. The average Bonchev–Trinajstić information content (AvgIpc) is 2.54. The van der Waals surface area contributed by atoms with Crippen LogP contribution >= 0.6 is 0 Å². The monoisotopic (exact) mass is 293 g/mol. The highest BCUT2D eigenvalue weighted by Gasteiger charge is 2.34. The summed E-state index contributed by atoms with van der Waals surface area (Å²) in [5, 5.41) is 0. The third-order valence-corrected chi connectivity index (χ3v) is 4.10. The van der Waals surface area contributed by atoms with E-state index in [1.807, 2.05) is 47.4 Å². The molecule has 0 aromatic heterocycles. The van der Waals surface area contributed by atoms with Gasteiger partial charge in [0.15, 0.2) is 0 Å². The molecule has 0 saturated heterocycles. The summed E-state index contributed by atoms with van der Waals surface area (Å²) in [7, 11) is 0. The lowest BCUT2D eigenvalue weighted by Crippen LogP contribution is -2.46. The first-order valence-corrected chi connectivity index (χ1v) is 7.56. The predicted octanol–water partition coefficient (Wildman–Crippen LogP) is 4.53. The standard InChI is InChI=1S/C20H23NO/c1-4-15-20(3,19-13-9-6-10-14-19)21(17(2)22)16-18-11-7-5-8-12-18/h4-14H,1,15-16H2,2-3H3/t20-/m1/s1. The first kappa shape index (κ1) is 16.0. The molecule has 0 heterocycles. The van der Waals surface area contributed by atoms with Crippen LogP contribution in [0.25, 0.3) is 0 Å². The van der Waals surface area contributed by atoms with Crippen molar-refractivity contribution in [3.8, 4) is 0 Å². The highest BCUT2D eigenvalue weighted by molar-refractivity contribution is 5.74. The lowest BCUT2D eigenvalue weighted by atomic mass is 9.86. The fourth-order valence-electron chi connectivity index (χ4n) is 2.86. The quantitative estimate of drug-likeness (QED) is 0.717. The summed E-state index contributed by atoms with van der Waals surface area (Å²) >= 11 is 0. The van der Waals surface area contributed by atoms with Crippen molar-refractivity contribution in [3.05, 3.63) is 84.4 Å². The zero-order valence-electron chi connectivity index (χ0n) is 13.3. The number of amides is 1. The number of rotatable bonds is 6. The lowest BCUT2D eigenvalue weighted by Gasteiger charge is -2.41. The molecular weight excluding hydrogens is 270 g/mol. The Morgan fingerprint density at radius 3 is 2.14 bits per heavy atom. The number of carbonyl (C=O) groups excluding carboxylic acids is 1. The second-order valence-corrected chi connectivity index (χ2v) is 5.72. The fraction of sp³-hybridized carbons (Fsp3) is 0.250. The molecule has 22 heavy (non-hydrogen) atoms. The SMILES string of the molecule is C=CC[C@](C)(c1ccccc1)N(Cc1ccccc1)C(C)=O.